The number of rotatable bonds is 14. The zero-order chi connectivity index (χ0) is 35.8. The predicted molar refractivity (Wildman–Crippen MR) is 189 cm³/mol. The Kier molecular flexibility index (Phi) is 12.3. The zero-order valence-corrected chi connectivity index (χ0v) is 29.7. The molecule has 4 rings (SSSR count). The summed E-state index contributed by atoms with van der Waals surface area (Å²) in [5.74, 6) is 0.0541. The van der Waals surface area contributed by atoms with E-state index >= 15 is 0 Å². The second kappa shape index (κ2) is 16.2. The average Bonchev–Trinajstić information content (AvgIpc) is 3.06. The van der Waals surface area contributed by atoms with Crippen LogP contribution < -0.4 is 31.1 Å². The number of hydrogen-bond donors (Lipinski definition) is 6. The molecule has 0 spiro atoms. The first-order valence-electron chi connectivity index (χ1n) is 16.4. The molecule has 0 bridgehead atoms. The van der Waals surface area contributed by atoms with Crippen LogP contribution in [0.3, 0.4) is 0 Å². The van der Waals surface area contributed by atoms with E-state index in [-0.39, 0.29) is 42.6 Å². The van der Waals surface area contributed by atoms with Crippen LogP contribution in [-0.4, -0.2) is 44.6 Å². The van der Waals surface area contributed by atoms with Crippen molar-refractivity contribution in [1.82, 2.24) is 20.7 Å². The van der Waals surface area contributed by atoms with Crippen molar-refractivity contribution in [3.05, 3.63) is 93.5 Å². The maximum Gasteiger partial charge on any atom is 0.407 e. The number of nitrogens with one attached hydrogen (secondary N) is 5. The van der Waals surface area contributed by atoms with Crippen molar-refractivity contribution in [2.24, 2.45) is 5.73 Å². The molecule has 0 radical (unpaired) electrons. The minimum Gasteiger partial charge on any atom is -0.487 e. The Bertz CT molecular complexity index is 1760. The van der Waals surface area contributed by atoms with Gasteiger partial charge in [0.1, 0.15) is 24.0 Å². The number of fused-ring (bicyclic) bond motifs is 1. The summed E-state index contributed by atoms with van der Waals surface area (Å²) in [6, 6.07) is 15.7. The number of alkyl carbamates (subject to hydrolysis) is 1. The van der Waals surface area contributed by atoms with Crippen LogP contribution in [0.2, 0.25) is 0 Å². The van der Waals surface area contributed by atoms with E-state index in [4.69, 9.17) is 20.6 Å². The molecule has 2 amide bonds. The van der Waals surface area contributed by atoms with Crippen LogP contribution in [0, 0.1) is 26.2 Å². The molecular weight excluding hydrogens is 644 g/mol. The first kappa shape index (κ1) is 37.2. The molecule has 12 nitrogen and oxygen atoms in total. The van der Waals surface area contributed by atoms with Gasteiger partial charge in [-0.15, -0.1) is 0 Å². The number of hydrogen-bond acceptors (Lipinski definition) is 7. The quantitative estimate of drug-likeness (QED) is 0.0817. The average molecular weight is 693 g/mol. The summed E-state index contributed by atoms with van der Waals surface area (Å²) in [6.07, 6.45) is 1.48. The smallest absolute Gasteiger partial charge is 0.407 e. The number of amides is 2. The van der Waals surface area contributed by atoms with E-state index in [1.807, 2.05) is 75.4 Å². The molecule has 0 saturated heterocycles. The van der Waals surface area contributed by atoms with Crippen LogP contribution >= 0.6 is 0 Å². The van der Waals surface area contributed by atoms with Gasteiger partial charge < -0.3 is 31.2 Å². The summed E-state index contributed by atoms with van der Waals surface area (Å²) >= 11 is 0. The Balaban J connectivity index is 1.40. The fourth-order valence-electron chi connectivity index (χ4n) is 5.81. The van der Waals surface area contributed by atoms with Gasteiger partial charge in [-0.3, -0.25) is 10.2 Å². The molecule has 13 heteroatoms. The van der Waals surface area contributed by atoms with Gasteiger partial charge in [-0.25, -0.2) is 13.2 Å². The lowest BCUT2D eigenvalue weighted by Crippen LogP contribution is -2.47. The lowest BCUT2D eigenvalue weighted by Gasteiger charge is -2.35. The van der Waals surface area contributed by atoms with E-state index in [2.05, 4.69) is 20.7 Å². The minimum absolute atomic E-state index is 0.165. The second-order valence-electron chi connectivity index (χ2n) is 13.0. The number of carbonyl (C=O) groups is 2. The summed E-state index contributed by atoms with van der Waals surface area (Å²) in [4.78, 5) is 25.8. The zero-order valence-electron chi connectivity index (χ0n) is 28.9. The van der Waals surface area contributed by atoms with Crippen molar-refractivity contribution >= 4 is 28.0 Å². The van der Waals surface area contributed by atoms with Crippen LogP contribution in [0.5, 0.6) is 5.75 Å². The fraction of sp³-hybridized carbons (Fsp3) is 0.417. The van der Waals surface area contributed by atoms with Crippen molar-refractivity contribution in [2.45, 2.75) is 96.5 Å². The van der Waals surface area contributed by atoms with Crippen LogP contribution in [0.25, 0.3) is 0 Å². The van der Waals surface area contributed by atoms with Gasteiger partial charge in [-0.1, -0.05) is 54.6 Å². The first-order valence-corrected chi connectivity index (χ1v) is 17.9. The van der Waals surface area contributed by atoms with Gasteiger partial charge in [0.15, 0.2) is 5.96 Å². The van der Waals surface area contributed by atoms with E-state index in [1.54, 1.807) is 13.8 Å². The molecule has 0 fully saturated rings. The Labute approximate surface area is 289 Å². The standard InChI is InChI=1S/C36H48N6O6S/c1-23-24(2)32(25(3)29-17-18-36(4,5)48-31(23)29)49(45,46)42-30(12-9-19-39-34(37)38)33(43)40-20-26-13-15-27(16-14-26)21-41-35(44)47-22-28-10-7-6-8-11-28/h6-8,10-11,13-16,30,42H,9,12,17-22H2,1-5H3,(H,40,43)(H,41,44)(H4,37,38,39). The van der Waals surface area contributed by atoms with E-state index < -0.39 is 28.1 Å². The second-order valence-corrected chi connectivity index (χ2v) is 14.6. The van der Waals surface area contributed by atoms with Gasteiger partial charge in [0.05, 0.1) is 4.90 Å². The van der Waals surface area contributed by atoms with Gasteiger partial charge in [0.2, 0.25) is 15.9 Å². The molecule has 1 aliphatic rings. The highest BCUT2D eigenvalue weighted by atomic mass is 32.2. The molecule has 1 atom stereocenters. The largest absolute Gasteiger partial charge is 0.487 e. The molecule has 264 valence electrons. The van der Waals surface area contributed by atoms with Crippen molar-refractivity contribution in [3.8, 4) is 5.75 Å². The summed E-state index contributed by atoms with van der Waals surface area (Å²) in [5.41, 5.74) is 10.4. The highest BCUT2D eigenvalue weighted by molar-refractivity contribution is 7.89. The normalized spacial score (nSPS) is 14.1. The van der Waals surface area contributed by atoms with Crippen molar-refractivity contribution in [2.75, 3.05) is 6.54 Å². The highest BCUT2D eigenvalue weighted by Crippen LogP contribution is 2.42. The Morgan fingerprint density at radius 2 is 1.55 bits per heavy atom. The maximum atomic E-state index is 14.0. The lowest BCUT2D eigenvalue weighted by molar-refractivity contribution is -0.123. The summed E-state index contributed by atoms with van der Waals surface area (Å²) in [7, 11) is -4.12. The molecule has 1 aliphatic heterocycles. The molecule has 1 heterocycles. The molecule has 49 heavy (non-hydrogen) atoms. The molecule has 1 unspecified atom stereocenters. The Morgan fingerprint density at radius 3 is 2.18 bits per heavy atom. The van der Waals surface area contributed by atoms with Gasteiger partial charge >= 0.3 is 6.09 Å². The predicted octanol–water partition coefficient (Wildman–Crippen LogP) is 4.37. The van der Waals surface area contributed by atoms with Crippen molar-refractivity contribution in [3.63, 3.8) is 0 Å². The molecule has 3 aromatic carbocycles. The van der Waals surface area contributed by atoms with Crippen LogP contribution in [0.4, 0.5) is 4.79 Å². The topological polar surface area (TPSA) is 185 Å². The number of benzene rings is 3. The number of guanidine groups is 1. The molecule has 0 aliphatic carbocycles. The Hall–Kier alpha value is -4.62. The van der Waals surface area contributed by atoms with E-state index in [1.165, 1.54) is 0 Å². The maximum absolute atomic E-state index is 14.0. The number of nitrogens with two attached hydrogens (primary N) is 1. The van der Waals surface area contributed by atoms with E-state index in [9.17, 15) is 18.0 Å². The van der Waals surface area contributed by atoms with E-state index in [0.717, 1.165) is 40.0 Å². The van der Waals surface area contributed by atoms with Gasteiger partial charge in [0, 0.05) is 19.6 Å². The molecule has 7 N–H and O–H groups in total. The molecular formula is C36H48N6O6S. The summed E-state index contributed by atoms with van der Waals surface area (Å²) < 4.78 is 42.2. The highest BCUT2D eigenvalue weighted by Gasteiger charge is 2.35. The number of carbonyl (C=O) groups excluding carboxylic acids is 2. The van der Waals surface area contributed by atoms with Crippen LogP contribution in [-0.2, 0) is 45.7 Å². The monoisotopic (exact) mass is 692 g/mol. The van der Waals surface area contributed by atoms with Crippen LogP contribution in [0.15, 0.2) is 59.5 Å². The lowest BCUT2D eigenvalue weighted by atomic mass is 9.88. The third-order valence-electron chi connectivity index (χ3n) is 8.67. The van der Waals surface area contributed by atoms with E-state index in [0.29, 0.717) is 30.5 Å². The summed E-state index contributed by atoms with van der Waals surface area (Å²) in [5, 5.41) is 15.7. The molecule has 3 aromatic rings. The van der Waals surface area contributed by atoms with Gasteiger partial charge in [0.25, 0.3) is 0 Å². The third kappa shape index (κ3) is 10.2. The minimum atomic E-state index is -4.12. The number of ether oxygens (including phenoxy) is 2. The summed E-state index contributed by atoms with van der Waals surface area (Å²) in [6.45, 7) is 10.4. The van der Waals surface area contributed by atoms with Crippen molar-refractivity contribution < 1.29 is 27.5 Å². The van der Waals surface area contributed by atoms with Gasteiger partial charge in [-0.2, -0.15) is 4.72 Å². The third-order valence-corrected chi connectivity index (χ3v) is 10.4. The first-order chi connectivity index (χ1) is 23.2. The van der Waals surface area contributed by atoms with Gasteiger partial charge in [-0.05, 0) is 99.2 Å². The molecule has 0 saturated carbocycles. The Morgan fingerprint density at radius 1 is 0.918 bits per heavy atom. The van der Waals surface area contributed by atoms with Crippen molar-refractivity contribution in [1.29, 1.82) is 5.41 Å². The fourth-order valence-corrected chi connectivity index (χ4v) is 7.61. The number of sulfonamides is 1. The SMILES string of the molecule is Cc1c(C)c(S(=O)(=O)NC(CCCNC(=N)N)C(=O)NCc2ccc(CNC(=O)OCc3ccccc3)cc2)c(C)c2c1OC(C)(C)CC2. The van der Waals surface area contributed by atoms with Crippen LogP contribution in [0.1, 0.15) is 72.1 Å². The molecule has 0 aromatic heterocycles.